The van der Waals surface area contributed by atoms with Crippen molar-refractivity contribution in [2.24, 2.45) is 0 Å². The van der Waals surface area contributed by atoms with Crippen LogP contribution in [0.4, 0.5) is 0 Å². The van der Waals surface area contributed by atoms with Crippen LogP contribution in [0.25, 0.3) is 0 Å². The Morgan fingerprint density at radius 3 is 2.68 bits per heavy atom. The molecule has 2 rings (SSSR count). The first-order valence-electron chi connectivity index (χ1n) is 5.71. The third-order valence-corrected chi connectivity index (χ3v) is 5.04. The number of benzene rings is 1. The molecule has 0 bridgehead atoms. The summed E-state index contributed by atoms with van der Waals surface area (Å²) in [4.78, 5) is 11.5. The first kappa shape index (κ1) is 14.3. The van der Waals surface area contributed by atoms with E-state index in [0.29, 0.717) is 10.6 Å². The highest BCUT2D eigenvalue weighted by Gasteiger charge is 2.36. The normalized spacial score (nSPS) is 25.8. The monoisotopic (exact) mass is 303 g/mol. The van der Waals surface area contributed by atoms with E-state index in [1.165, 1.54) is 7.11 Å². The molecule has 2 unspecified atom stereocenters. The van der Waals surface area contributed by atoms with Gasteiger partial charge in [-0.15, -0.1) is 0 Å². The van der Waals surface area contributed by atoms with E-state index in [-0.39, 0.29) is 11.5 Å². The molecule has 1 saturated heterocycles. The molecule has 1 aromatic carbocycles. The maximum Gasteiger partial charge on any atom is 0.323 e. The maximum atomic E-state index is 11.9. The molecule has 1 N–H and O–H groups in total. The lowest BCUT2D eigenvalue weighted by Gasteiger charge is -2.30. The minimum atomic E-state index is -3.32. The lowest BCUT2D eigenvalue weighted by molar-refractivity contribution is -0.142. The second kappa shape index (κ2) is 5.48. The van der Waals surface area contributed by atoms with E-state index in [1.54, 1.807) is 24.3 Å². The molecule has 1 aromatic rings. The molecule has 0 aromatic heterocycles. The fourth-order valence-electron chi connectivity index (χ4n) is 2.13. The minimum absolute atomic E-state index is 0.0791. The van der Waals surface area contributed by atoms with Gasteiger partial charge in [-0.1, -0.05) is 29.8 Å². The van der Waals surface area contributed by atoms with E-state index in [9.17, 15) is 13.2 Å². The number of carbonyl (C=O) groups excluding carboxylic acids is 1. The van der Waals surface area contributed by atoms with Gasteiger partial charge >= 0.3 is 5.97 Å². The molecule has 104 valence electrons. The average molecular weight is 304 g/mol. The Morgan fingerprint density at radius 1 is 1.37 bits per heavy atom. The van der Waals surface area contributed by atoms with E-state index in [2.05, 4.69) is 10.1 Å². The van der Waals surface area contributed by atoms with Crippen molar-refractivity contribution in [1.82, 2.24) is 5.32 Å². The van der Waals surface area contributed by atoms with Gasteiger partial charge in [-0.05, 0) is 11.6 Å². The Labute approximate surface area is 116 Å². The summed E-state index contributed by atoms with van der Waals surface area (Å²) in [5.74, 6) is -0.912. The fraction of sp³-hybridized carbons (Fsp3) is 0.417. The second-order valence-corrected chi connectivity index (χ2v) is 6.95. The number of ether oxygens (including phenoxy) is 1. The Kier molecular flexibility index (Phi) is 4.13. The predicted molar refractivity (Wildman–Crippen MR) is 71.8 cm³/mol. The van der Waals surface area contributed by atoms with E-state index >= 15 is 0 Å². The number of hydrogen-bond donors (Lipinski definition) is 1. The Hall–Kier alpha value is -1.11. The number of nitrogens with one attached hydrogen (secondary N) is 1. The predicted octanol–water partition coefficient (Wildman–Crippen LogP) is 0.941. The van der Waals surface area contributed by atoms with Crippen molar-refractivity contribution in [1.29, 1.82) is 0 Å². The molecule has 19 heavy (non-hydrogen) atoms. The molecule has 7 heteroatoms. The largest absolute Gasteiger partial charge is 0.468 e. The number of hydrogen-bond acceptors (Lipinski definition) is 5. The molecule has 2 atom stereocenters. The van der Waals surface area contributed by atoms with Crippen LogP contribution in [0.2, 0.25) is 5.02 Å². The zero-order valence-corrected chi connectivity index (χ0v) is 11.9. The van der Waals surface area contributed by atoms with Crippen LogP contribution in [0.3, 0.4) is 0 Å². The van der Waals surface area contributed by atoms with Crippen molar-refractivity contribution in [3.63, 3.8) is 0 Å². The second-order valence-electron chi connectivity index (χ2n) is 4.39. The third kappa shape index (κ3) is 3.26. The van der Waals surface area contributed by atoms with Crippen LogP contribution in [-0.2, 0) is 19.4 Å². The van der Waals surface area contributed by atoms with Crippen molar-refractivity contribution >= 4 is 27.4 Å². The van der Waals surface area contributed by atoms with Crippen LogP contribution in [0.1, 0.15) is 11.6 Å². The van der Waals surface area contributed by atoms with Crippen LogP contribution in [-0.4, -0.2) is 39.0 Å². The molecule has 0 saturated carbocycles. The summed E-state index contributed by atoms with van der Waals surface area (Å²) in [6.07, 6.45) is 0. The van der Waals surface area contributed by atoms with Crippen LogP contribution >= 0.6 is 11.6 Å². The lowest BCUT2D eigenvalue weighted by atomic mass is 10.1. The van der Waals surface area contributed by atoms with Gasteiger partial charge in [-0.25, -0.2) is 8.42 Å². The van der Waals surface area contributed by atoms with Crippen LogP contribution in [0.15, 0.2) is 24.3 Å². The summed E-state index contributed by atoms with van der Waals surface area (Å²) in [5.41, 5.74) is 0.668. The van der Waals surface area contributed by atoms with Crippen molar-refractivity contribution in [2.75, 3.05) is 18.6 Å². The van der Waals surface area contributed by atoms with Crippen LogP contribution < -0.4 is 5.32 Å². The number of carbonyl (C=O) groups is 1. The van der Waals surface area contributed by atoms with E-state index < -0.39 is 27.9 Å². The Bertz CT molecular complexity index is 587. The molecule has 5 nitrogen and oxygen atoms in total. The first-order valence-corrected chi connectivity index (χ1v) is 7.91. The first-order chi connectivity index (χ1) is 8.93. The molecule has 0 aliphatic carbocycles. The van der Waals surface area contributed by atoms with Gasteiger partial charge in [0, 0.05) is 11.1 Å². The standard InChI is InChI=1S/C12H14ClNO4S/c1-18-12(15)11-7-19(16,17)6-10(14-11)8-4-2-3-5-9(8)13/h2-5,10-11,14H,6-7H2,1H3. The van der Waals surface area contributed by atoms with Crippen molar-refractivity contribution in [3.05, 3.63) is 34.9 Å². The van der Waals surface area contributed by atoms with Crippen molar-refractivity contribution in [2.45, 2.75) is 12.1 Å². The van der Waals surface area contributed by atoms with Crippen LogP contribution in [0, 0.1) is 0 Å². The molecular formula is C12H14ClNO4S. The van der Waals surface area contributed by atoms with Gasteiger partial charge in [-0.2, -0.15) is 0 Å². The summed E-state index contributed by atoms with van der Waals surface area (Å²) < 4.78 is 28.4. The van der Waals surface area contributed by atoms with Gasteiger partial charge in [0.2, 0.25) is 0 Å². The minimum Gasteiger partial charge on any atom is -0.468 e. The average Bonchev–Trinajstić information content (AvgIpc) is 2.36. The quantitative estimate of drug-likeness (QED) is 0.823. The maximum absolute atomic E-state index is 11.9. The van der Waals surface area contributed by atoms with Gasteiger partial charge in [0.1, 0.15) is 6.04 Å². The Morgan fingerprint density at radius 2 is 2.05 bits per heavy atom. The van der Waals surface area contributed by atoms with Crippen molar-refractivity contribution < 1.29 is 17.9 Å². The van der Waals surface area contributed by atoms with Gasteiger partial charge in [0.15, 0.2) is 9.84 Å². The SMILES string of the molecule is COC(=O)C1CS(=O)(=O)CC(c2ccccc2Cl)N1. The lowest BCUT2D eigenvalue weighted by Crippen LogP contribution is -2.51. The molecule has 1 fully saturated rings. The van der Waals surface area contributed by atoms with Gasteiger partial charge in [-0.3, -0.25) is 10.1 Å². The van der Waals surface area contributed by atoms with Gasteiger partial charge in [0.25, 0.3) is 0 Å². The topological polar surface area (TPSA) is 72.5 Å². The van der Waals surface area contributed by atoms with Gasteiger partial charge in [0.05, 0.1) is 18.6 Å². The van der Waals surface area contributed by atoms with Gasteiger partial charge < -0.3 is 4.74 Å². The molecule has 0 radical (unpaired) electrons. The summed E-state index contributed by atoms with van der Waals surface area (Å²) in [7, 11) is -2.09. The van der Waals surface area contributed by atoms with E-state index in [4.69, 9.17) is 11.6 Å². The number of sulfone groups is 1. The molecule has 0 amide bonds. The smallest absolute Gasteiger partial charge is 0.323 e. The zero-order valence-electron chi connectivity index (χ0n) is 10.3. The molecule has 0 spiro atoms. The highest BCUT2D eigenvalue weighted by molar-refractivity contribution is 7.91. The summed E-state index contributed by atoms with van der Waals surface area (Å²) >= 11 is 6.06. The van der Waals surface area contributed by atoms with E-state index in [0.717, 1.165) is 0 Å². The molecular weight excluding hydrogens is 290 g/mol. The fourth-order valence-corrected chi connectivity index (χ4v) is 4.06. The highest BCUT2D eigenvalue weighted by Crippen LogP contribution is 2.27. The summed E-state index contributed by atoms with van der Waals surface area (Å²) in [6.45, 7) is 0. The summed E-state index contributed by atoms with van der Waals surface area (Å²) in [5, 5.41) is 3.45. The number of rotatable bonds is 2. The number of esters is 1. The van der Waals surface area contributed by atoms with E-state index in [1.807, 2.05) is 0 Å². The number of methoxy groups -OCH3 is 1. The Balaban J connectivity index is 2.31. The van der Waals surface area contributed by atoms with Crippen molar-refractivity contribution in [3.8, 4) is 0 Å². The third-order valence-electron chi connectivity index (χ3n) is 3.01. The highest BCUT2D eigenvalue weighted by atomic mass is 35.5. The molecule has 1 aliphatic heterocycles. The number of halogens is 1. The molecule has 1 heterocycles. The summed E-state index contributed by atoms with van der Waals surface area (Å²) in [6, 6.07) is 5.61. The van der Waals surface area contributed by atoms with Crippen LogP contribution in [0.5, 0.6) is 0 Å². The molecule has 1 aliphatic rings. The zero-order chi connectivity index (χ0) is 14.0.